The maximum absolute atomic E-state index is 12.5. The van der Waals surface area contributed by atoms with Gasteiger partial charge in [-0.1, -0.05) is 34.1 Å². The maximum atomic E-state index is 12.5. The minimum Gasteiger partial charge on any atom is -0.372 e. The largest absolute Gasteiger partial charge is 0.416 e. The van der Waals surface area contributed by atoms with Gasteiger partial charge in [0.1, 0.15) is 0 Å². The predicted octanol–water partition coefficient (Wildman–Crippen LogP) is 6.79. The van der Waals surface area contributed by atoms with Crippen LogP contribution in [0.5, 0.6) is 0 Å². The van der Waals surface area contributed by atoms with Crippen molar-refractivity contribution in [3.63, 3.8) is 0 Å². The Labute approximate surface area is 252 Å². The second-order valence-corrected chi connectivity index (χ2v) is 10.3. The fourth-order valence-corrected chi connectivity index (χ4v) is 4.64. The summed E-state index contributed by atoms with van der Waals surface area (Å²) < 4.78 is 37.2. The van der Waals surface area contributed by atoms with Crippen molar-refractivity contribution >= 4 is 45.3 Å². The van der Waals surface area contributed by atoms with Gasteiger partial charge in [0.05, 0.1) is 11.7 Å². The molecule has 0 radical (unpaired) electrons. The molecule has 2 amide bonds. The van der Waals surface area contributed by atoms with Gasteiger partial charge in [-0.15, -0.1) is 0 Å². The van der Waals surface area contributed by atoms with Gasteiger partial charge in [-0.3, -0.25) is 9.59 Å². The molecular weight excluding hydrogens is 611 g/mol. The number of benzene rings is 3. The first kappa shape index (κ1) is 32.7. The molecule has 11 heteroatoms. The van der Waals surface area contributed by atoms with E-state index in [0.717, 1.165) is 47.4 Å². The third kappa shape index (κ3) is 10.2. The van der Waals surface area contributed by atoms with Gasteiger partial charge in [-0.2, -0.15) is 13.2 Å². The molecule has 4 rings (SSSR count). The van der Waals surface area contributed by atoms with Crippen LogP contribution < -0.4 is 26.6 Å². The Hall–Kier alpha value is -3.83. The third-order valence-corrected chi connectivity index (χ3v) is 7.17. The number of halogens is 4. The highest BCUT2D eigenvalue weighted by Crippen LogP contribution is 2.30. The zero-order valence-corrected chi connectivity index (χ0v) is 24.8. The Kier molecular flexibility index (Phi) is 12.4. The zero-order chi connectivity index (χ0) is 30.5. The molecule has 1 saturated heterocycles. The van der Waals surface area contributed by atoms with Crippen molar-refractivity contribution in [1.82, 2.24) is 5.32 Å². The molecule has 1 fully saturated rings. The van der Waals surface area contributed by atoms with E-state index >= 15 is 0 Å². The monoisotopic (exact) mass is 645 g/mol. The Morgan fingerprint density at radius 1 is 1.05 bits per heavy atom. The van der Waals surface area contributed by atoms with E-state index < -0.39 is 17.9 Å². The second-order valence-electron chi connectivity index (χ2n) is 9.73. The van der Waals surface area contributed by atoms with Gasteiger partial charge in [0, 0.05) is 47.2 Å². The fraction of sp³-hybridized carbons (Fsp3) is 0.290. The van der Waals surface area contributed by atoms with Crippen LogP contribution in [0.15, 0.2) is 79.0 Å². The van der Waals surface area contributed by atoms with Crippen LogP contribution >= 0.6 is 15.9 Å². The molecule has 1 heterocycles. The minimum atomic E-state index is -4.38. The van der Waals surface area contributed by atoms with E-state index in [1.165, 1.54) is 49.4 Å². The molecule has 1 unspecified atom stereocenters. The Morgan fingerprint density at radius 3 is 2.45 bits per heavy atom. The number of rotatable bonds is 9. The van der Waals surface area contributed by atoms with E-state index in [1.807, 2.05) is 30.3 Å². The summed E-state index contributed by atoms with van der Waals surface area (Å²) in [6.45, 7) is 4.31. The summed E-state index contributed by atoms with van der Waals surface area (Å²) in [5.74, 6) is -0.0633. The summed E-state index contributed by atoms with van der Waals surface area (Å²) >= 11 is 3.43. The van der Waals surface area contributed by atoms with Crippen LogP contribution in [-0.4, -0.2) is 31.6 Å². The van der Waals surface area contributed by atoms with E-state index in [-0.39, 0.29) is 11.6 Å². The first-order valence-corrected chi connectivity index (χ1v) is 14.6. The van der Waals surface area contributed by atoms with Gasteiger partial charge >= 0.3 is 6.18 Å². The lowest BCUT2D eigenvalue weighted by Gasteiger charge is -2.29. The molecule has 0 spiro atoms. The Morgan fingerprint density at radius 2 is 1.79 bits per heavy atom. The number of aryl methyl sites for hydroxylation is 1. The minimum absolute atomic E-state index is 0.0633. The molecule has 0 bridgehead atoms. The number of nitrogens with one attached hydrogen (secondary N) is 3. The highest BCUT2D eigenvalue weighted by atomic mass is 79.9. The first-order chi connectivity index (χ1) is 20.1. The number of hydrogen-bond acceptors (Lipinski definition) is 5. The van der Waals surface area contributed by atoms with Gasteiger partial charge in [0.15, 0.2) is 0 Å². The molecule has 5 N–H and O–H groups in total. The molecule has 3 aromatic rings. The smallest absolute Gasteiger partial charge is 0.372 e. The van der Waals surface area contributed by atoms with Gasteiger partial charge in [-0.25, -0.2) is 0 Å². The van der Waals surface area contributed by atoms with Crippen LogP contribution in [0.4, 0.5) is 30.2 Å². The molecule has 224 valence electrons. The summed E-state index contributed by atoms with van der Waals surface area (Å²) in [6.07, 6.45) is 1.97. The van der Waals surface area contributed by atoms with E-state index in [2.05, 4.69) is 55.8 Å². The van der Waals surface area contributed by atoms with Crippen molar-refractivity contribution in [2.45, 2.75) is 43.9 Å². The average molecular weight is 647 g/mol. The van der Waals surface area contributed by atoms with Crippen LogP contribution in [0.3, 0.4) is 0 Å². The number of alkyl halides is 4. The molecule has 0 aliphatic carbocycles. The molecular formula is C31H35BrF3N5O2. The van der Waals surface area contributed by atoms with Crippen LogP contribution in [0.25, 0.3) is 0 Å². The van der Waals surface area contributed by atoms with E-state index in [1.54, 1.807) is 0 Å². The summed E-state index contributed by atoms with van der Waals surface area (Å²) in [5, 5.41) is 8.67. The van der Waals surface area contributed by atoms with E-state index in [9.17, 15) is 22.8 Å². The van der Waals surface area contributed by atoms with Crippen LogP contribution in [0, 0.1) is 6.92 Å². The SMILES string of the molecule is Cc1cc(N2CCCCC2)ccc1NC(=O)c1cccc(CBr)c1.NC(/C=C\Nc1cccc(C(F)(F)F)c1)NC=O. The number of amides is 2. The highest BCUT2D eigenvalue weighted by molar-refractivity contribution is 9.08. The number of hydrogen-bond donors (Lipinski definition) is 4. The van der Waals surface area contributed by atoms with E-state index in [4.69, 9.17) is 5.73 Å². The lowest BCUT2D eigenvalue weighted by molar-refractivity contribution is -0.137. The van der Waals surface area contributed by atoms with Crippen molar-refractivity contribution in [1.29, 1.82) is 0 Å². The average Bonchev–Trinajstić information content (AvgIpc) is 2.99. The maximum Gasteiger partial charge on any atom is 0.416 e. The van der Waals surface area contributed by atoms with Gasteiger partial charge in [-0.05, 0) is 91.9 Å². The highest BCUT2D eigenvalue weighted by Gasteiger charge is 2.30. The number of carbonyl (C=O) groups is 2. The molecule has 3 aromatic carbocycles. The number of anilines is 3. The molecule has 0 saturated carbocycles. The van der Waals surface area contributed by atoms with Gasteiger partial charge in [0.2, 0.25) is 6.41 Å². The van der Waals surface area contributed by atoms with Crippen molar-refractivity contribution in [2.75, 3.05) is 28.6 Å². The quantitative estimate of drug-likeness (QED) is 0.117. The van der Waals surface area contributed by atoms with Crippen LogP contribution in [0.1, 0.15) is 46.3 Å². The lowest BCUT2D eigenvalue weighted by atomic mass is 10.1. The molecule has 0 aromatic heterocycles. The summed E-state index contributed by atoms with van der Waals surface area (Å²) in [7, 11) is 0. The Balaban J connectivity index is 0.000000241. The lowest BCUT2D eigenvalue weighted by Crippen LogP contribution is -2.34. The number of piperidine rings is 1. The standard InChI is InChI=1S/C20H23BrN2O.C11H12F3N3O/c1-15-12-18(23-10-3-2-4-11-23)8-9-19(15)22-20(24)17-7-5-6-16(13-17)14-21;12-11(13,14)8-2-1-3-9(6-8)16-5-4-10(15)17-7-18/h5-9,12-13H,2-4,10-11,14H2,1H3,(H,22,24);1-7,10,16H,15H2,(H,17,18)/b;5-4-. The molecule has 1 aliphatic rings. The second kappa shape index (κ2) is 16.0. The first-order valence-electron chi connectivity index (χ1n) is 13.5. The van der Waals surface area contributed by atoms with E-state index in [0.29, 0.717) is 12.0 Å². The molecule has 7 nitrogen and oxygen atoms in total. The molecule has 1 aliphatic heterocycles. The normalized spacial score (nSPS) is 14.0. The summed E-state index contributed by atoms with van der Waals surface area (Å²) in [6, 6.07) is 18.7. The molecule has 1 atom stereocenters. The number of nitrogens with zero attached hydrogens (tertiary/aromatic N) is 1. The topological polar surface area (TPSA) is 99.5 Å². The van der Waals surface area contributed by atoms with Crippen molar-refractivity contribution < 1.29 is 22.8 Å². The van der Waals surface area contributed by atoms with Gasteiger partial charge in [0.25, 0.3) is 5.91 Å². The van der Waals surface area contributed by atoms with Crippen molar-refractivity contribution in [2.24, 2.45) is 5.73 Å². The third-order valence-electron chi connectivity index (χ3n) is 6.53. The summed E-state index contributed by atoms with van der Waals surface area (Å²) in [4.78, 5) is 24.9. The van der Waals surface area contributed by atoms with Crippen molar-refractivity contribution in [3.8, 4) is 0 Å². The fourth-order valence-electron chi connectivity index (χ4n) is 4.29. The van der Waals surface area contributed by atoms with Crippen LogP contribution in [-0.2, 0) is 16.3 Å². The predicted molar refractivity (Wildman–Crippen MR) is 166 cm³/mol. The Bertz CT molecular complexity index is 1360. The van der Waals surface area contributed by atoms with Crippen molar-refractivity contribution in [3.05, 3.63) is 101 Å². The van der Waals surface area contributed by atoms with Gasteiger partial charge < -0.3 is 26.6 Å². The number of carbonyl (C=O) groups excluding carboxylic acids is 2. The zero-order valence-electron chi connectivity index (χ0n) is 23.3. The summed E-state index contributed by atoms with van der Waals surface area (Å²) in [5.41, 5.74) is 9.96. The number of nitrogens with two attached hydrogens (primary N) is 1. The van der Waals surface area contributed by atoms with Crippen LogP contribution in [0.2, 0.25) is 0 Å². The molecule has 42 heavy (non-hydrogen) atoms.